The third kappa shape index (κ3) is 2.23. The number of para-hydroxylation sites is 1. The first-order valence-electron chi connectivity index (χ1n) is 6.56. The van der Waals surface area contributed by atoms with Crippen molar-refractivity contribution in [1.29, 1.82) is 0 Å². The fourth-order valence-corrected chi connectivity index (χ4v) is 2.35. The molecule has 102 valence electrons. The minimum atomic E-state index is 0.0129. The van der Waals surface area contributed by atoms with Crippen LogP contribution in [0.5, 0.6) is 0 Å². The van der Waals surface area contributed by atoms with Crippen LogP contribution in [0.25, 0.3) is 5.69 Å². The summed E-state index contributed by atoms with van der Waals surface area (Å²) >= 11 is 0. The molecule has 0 saturated carbocycles. The second-order valence-corrected chi connectivity index (χ2v) is 4.64. The van der Waals surface area contributed by atoms with Crippen LogP contribution in [0.2, 0.25) is 0 Å². The number of aromatic nitrogens is 4. The summed E-state index contributed by atoms with van der Waals surface area (Å²) in [6, 6.07) is 14.2. The van der Waals surface area contributed by atoms with E-state index >= 15 is 0 Å². The fourth-order valence-electron chi connectivity index (χ4n) is 2.35. The van der Waals surface area contributed by atoms with Crippen LogP contribution < -0.4 is 5.32 Å². The van der Waals surface area contributed by atoms with E-state index < -0.39 is 0 Å². The Morgan fingerprint density at radius 2 is 1.90 bits per heavy atom. The van der Waals surface area contributed by atoms with Crippen LogP contribution in [-0.4, -0.2) is 26.6 Å². The standard InChI is InChI=1S/C15H17N5/c1-16-15(13-9-11-19(2)18-13)14-8-10-17-20(14)12-6-4-3-5-7-12/h3-11,15-16H,1-2H3. The lowest BCUT2D eigenvalue weighted by Crippen LogP contribution is -2.21. The second-order valence-electron chi connectivity index (χ2n) is 4.64. The van der Waals surface area contributed by atoms with Gasteiger partial charge in [0.05, 0.1) is 23.1 Å². The van der Waals surface area contributed by atoms with Gasteiger partial charge in [0.1, 0.15) is 0 Å². The molecule has 1 unspecified atom stereocenters. The fraction of sp³-hybridized carbons (Fsp3) is 0.200. The van der Waals surface area contributed by atoms with Gasteiger partial charge in [-0.2, -0.15) is 10.2 Å². The SMILES string of the molecule is CNC(c1ccn(C)n1)c1ccnn1-c1ccccc1. The molecule has 20 heavy (non-hydrogen) atoms. The molecule has 5 nitrogen and oxygen atoms in total. The largest absolute Gasteiger partial charge is 0.307 e. The second kappa shape index (κ2) is 5.30. The average molecular weight is 267 g/mol. The molecule has 1 atom stereocenters. The first-order chi connectivity index (χ1) is 9.79. The summed E-state index contributed by atoms with van der Waals surface area (Å²) in [6.07, 6.45) is 3.76. The van der Waals surface area contributed by atoms with Gasteiger partial charge in [-0.1, -0.05) is 18.2 Å². The minimum Gasteiger partial charge on any atom is -0.307 e. The van der Waals surface area contributed by atoms with Crippen molar-refractivity contribution in [3.05, 3.63) is 66.2 Å². The summed E-state index contributed by atoms with van der Waals surface area (Å²) in [5, 5.41) is 12.2. The number of nitrogens with zero attached hydrogens (tertiary/aromatic N) is 4. The van der Waals surface area contributed by atoms with Gasteiger partial charge in [0.25, 0.3) is 0 Å². The van der Waals surface area contributed by atoms with Gasteiger partial charge in [0.2, 0.25) is 0 Å². The first kappa shape index (κ1) is 12.6. The van der Waals surface area contributed by atoms with Gasteiger partial charge in [-0.05, 0) is 31.3 Å². The summed E-state index contributed by atoms with van der Waals surface area (Å²) in [6.45, 7) is 0. The Labute approximate surface area is 117 Å². The smallest absolute Gasteiger partial charge is 0.0942 e. The molecule has 2 heterocycles. The number of aryl methyl sites for hydroxylation is 1. The van der Waals surface area contributed by atoms with Crippen molar-refractivity contribution in [1.82, 2.24) is 24.9 Å². The molecule has 0 spiro atoms. The molecule has 0 aliphatic heterocycles. The lowest BCUT2D eigenvalue weighted by Gasteiger charge is -2.16. The highest BCUT2D eigenvalue weighted by atomic mass is 15.3. The zero-order chi connectivity index (χ0) is 13.9. The van der Waals surface area contributed by atoms with E-state index in [0.29, 0.717) is 0 Å². The van der Waals surface area contributed by atoms with Crippen LogP contribution in [0.4, 0.5) is 0 Å². The van der Waals surface area contributed by atoms with Crippen LogP contribution in [0.1, 0.15) is 17.4 Å². The number of hydrogen-bond donors (Lipinski definition) is 1. The molecule has 2 aromatic heterocycles. The Balaban J connectivity index is 2.04. The molecular weight excluding hydrogens is 250 g/mol. The van der Waals surface area contributed by atoms with E-state index in [4.69, 9.17) is 0 Å². The van der Waals surface area contributed by atoms with Gasteiger partial charge in [-0.3, -0.25) is 4.68 Å². The molecule has 1 aromatic carbocycles. The van der Waals surface area contributed by atoms with Crippen LogP contribution in [-0.2, 0) is 7.05 Å². The van der Waals surface area contributed by atoms with E-state index in [1.165, 1.54) is 0 Å². The first-order valence-corrected chi connectivity index (χ1v) is 6.56. The molecule has 3 rings (SSSR count). The van der Waals surface area contributed by atoms with E-state index in [1.807, 2.05) is 78.3 Å². The minimum absolute atomic E-state index is 0.0129. The topological polar surface area (TPSA) is 47.7 Å². The van der Waals surface area contributed by atoms with Crippen LogP contribution >= 0.6 is 0 Å². The highest BCUT2D eigenvalue weighted by Crippen LogP contribution is 2.22. The van der Waals surface area contributed by atoms with Crippen molar-refractivity contribution in [2.45, 2.75) is 6.04 Å². The molecule has 0 aliphatic carbocycles. The summed E-state index contributed by atoms with van der Waals surface area (Å²) in [7, 11) is 3.85. The highest BCUT2D eigenvalue weighted by molar-refractivity contribution is 5.34. The molecule has 1 N–H and O–H groups in total. The van der Waals surface area contributed by atoms with Crippen molar-refractivity contribution in [3.63, 3.8) is 0 Å². The Hall–Kier alpha value is -2.40. The van der Waals surface area contributed by atoms with E-state index in [-0.39, 0.29) is 6.04 Å². The predicted octanol–water partition coefficient (Wildman–Crippen LogP) is 1.91. The Bertz CT molecular complexity index is 683. The van der Waals surface area contributed by atoms with Crippen LogP contribution in [0.3, 0.4) is 0 Å². The molecule has 0 radical (unpaired) electrons. The Kier molecular flexibility index (Phi) is 3.35. The van der Waals surface area contributed by atoms with E-state index in [2.05, 4.69) is 15.5 Å². The van der Waals surface area contributed by atoms with Gasteiger partial charge in [0, 0.05) is 19.4 Å². The van der Waals surface area contributed by atoms with Gasteiger partial charge >= 0.3 is 0 Å². The van der Waals surface area contributed by atoms with Gasteiger partial charge in [-0.15, -0.1) is 0 Å². The maximum Gasteiger partial charge on any atom is 0.0942 e. The van der Waals surface area contributed by atoms with E-state index in [9.17, 15) is 0 Å². The maximum atomic E-state index is 4.49. The number of nitrogens with one attached hydrogen (secondary N) is 1. The van der Waals surface area contributed by atoms with E-state index in [0.717, 1.165) is 17.1 Å². The van der Waals surface area contributed by atoms with Gasteiger partial charge in [-0.25, -0.2) is 4.68 Å². The van der Waals surface area contributed by atoms with Crippen molar-refractivity contribution in [3.8, 4) is 5.69 Å². The molecular formula is C15H17N5. The van der Waals surface area contributed by atoms with Crippen molar-refractivity contribution in [2.75, 3.05) is 7.05 Å². The molecule has 5 heteroatoms. The van der Waals surface area contributed by atoms with Gasteiger partial charge in [0.15, 0.2) is 0 Å². The highest BCUT2D eigenvalue weighted by Gasteiger charge is 2.19. The normalized spacial score (nSPS) is 12.5. The molecule has 3 aromatic rings. The van der Waals surface area contributed by atoms with Crippen molar-refractivity contribution >= 4 is 0 Å². The summed E-state index contributed by atoms with van der Waals surface area (Å²) in [4.78, 5) is 0. The third-order valence-corrected chi connectivity index (χ3v) is 3.29. The Morgan fingerprint density at radius 3 is 2.55 bits per heavy atom. The third-order valence-electron chi connectivity index (χ3n) is 3.29. The van der Waals surface area contributed by atoms with Crippen LogP contribution in [0, 0.1) is 0 Å². The summed E-state index contributed by atoms with van der Waals surface area (Å²) in [5.41, 5.74) is 3.09. The molecule has 0 amide bonds. The number of hydrogen-bond acceptors (Lipinski definition) is 3. The molecule has 0 saturated heterocycles. The summed E-state index contributed by atoms with van der Waals surface area (Å²) in [5.74, 6) is 0. The molecule has 0 bridgehead atoms. The van der Waals surface area contributed by atoms with Crippen molar-refractivity contribution < 1.29 is 0 Å². The average Bonchev–Trinajstić information content (AvgIpc) is 3.11. The maximum absolute atomic E-state index is 4.49. The lowest BCUT2D eigenvalue weighted by atomic mass is 10.1. The predicted molar refractivity (Wildman–Crippen MR) is 77.7 cm³/mol. The van der Waals surface area contributed by atoms with E-state index in [1.54, 1.807) is 0 Å². The number of rotatable bonds is 4. The monoisotopic (exact) mass is 267 g/mol. The zero-order valence-corrected chi connectivity index (χ0v) is 11.6. The zero-order valence-electron chi connectivity index (χ0n) is 11.6. The molecule has 0 aliphatic rings. The Morgan fingerprint density at radius 1 is 1.10 bits per heavy atom. The van der Waals surface area contributed by atoms with Crippen LogP contribution in [0.15, 0.2) is 54.9 Å². The summed E-state index contributed by atoms with van der Waals surface area (Å²) < 4.78 is 3.75. The molecule has 0 fully saturated rings. The number of benzene rings is 1. The van der Waals surface area contributed by atoms with Gasteiger partial charge < -0.3 is 5.32 Å². The quantitative estimate of drug-likeness (QED) is 0.785. The van der Waals surface area contributed by atoms with Crippen molar-refractivity contribution in [2.24, 2.45) is 7.05 Å². The lowest BCUT2D eigenvalue weighted by molar-refractivity contribution is 0.605.